The molecule has 0 bridgehead atoms. The third kappa shape index (κ3) is 2.25. The number of aromatic nitrogens is 2. The normalized spacial score (nSPS) is 11.3. The van der Waals surface area contributed by atoms with E-state index >= 15 is 0 Å². The molecule has 0 amide bonds. The fraction of sp³-hybridized carbons (Fsp3) is 0.556. The van der Waals surface area contributed by atoms with Gasteiger partial charge >= 0.3 is 0 Å². The molecule has 4 heteroatoms. The largest absolute Gasteiger partial charge is 0.261 e. The van der Waals surface area contributed by atoms with Crippen molar-refractivity contribution in [2.45, 2.75) is 31.2 Å². The van der Waals surface area contributed by atoms with Crippen LogP contribution in [-0.4, -0.2) is 9.78 Å². The molecule has 0 aliphatic carbocycles. The molecule has 0 fully saturated rings. The predicted molar refractivity (Wildman–Crippen MR) is 53.4 cm³/mol. The van der Waals surface area contributed by atoms with E-state index in [2.05, 4.69) is 25.9 Å². The summed E-state index contributed by atoms with van der Waals surface area (Å²) in [6.45, 7) is 6.32. The zero-order valence-electron chi connectivity index (χ0n) is 8.33. The van der Waals surface area contributed by atoms with Crippen molar-refractivity contribution in [3.63, 3.8) is 0 Å². The van der Waals surface area contributed by atoms with Gasteiger partial charge in [-0.1, -0.05) is 20.8 Å². The van der Waals surface area contributed by atoms with Crippen molar-refractivity contribution in [2.24, 2.45) is 7.05 Å². The van der Waals surface area contributed by atoms with Gasteiger partial charge < -0.3 is 0 Å². The summed E-state index contributed by atoms with van der Waals surface area (Å²) in [7, 11) is 1.86. The van der Waals surface area contributed by atoms with Crippen LogP contribution in [-0.2, 0) is 12.5 Å². The molecule has 0 atom stereocenters. The maximum atomic E-state index is 8.53. The minimum Gasteiger partial charge on any atom is -0.261 e. The van der Waals surface area contributed by atoms with Crippen molar-refractivity contribution < 1.29 is 0 Å². The molecule has 0 saturated heterocycles. The zero-order chi connectivity index (χ0) is 10.1. The number of rotatable bonds is 1. The number of hydrogen-bond donors (Lipinski definition) is 0. The summed E-state index contributed by atoms with van der Waals surface area (Å²) in [4.78, 5) is 0. The molecule has 0 aliphatic heterocycles. The molecule has 1 heterocycles. The Balaban J connectivity index is 3.04. The lowest BCUT2D eigenvalue weighted by Gasteiger charge is -2.13. The monoisotopic (exact) mass is 195 g/mol. The lowest BCUT2D eigenvalue weighted by molar-refractivity contribution is 0.550. The summed E-state index contributed by atoms with van der Waals surface area (Å²) in [6, 6.07) is 1.97. The first-order valence-corrected chi connectivity index (χ1v) is 4.87. The smallest absolute Gasteiger partial charge is 0.140 e. The maximum Gasteiger partial charge on any atom is 0.140 e. The quantitative estimate of drug-likeness (QED) is 0.510. The van der Waals surface area contributed by atoms with Crippen LogP contribution in [0, 0.1) is 10.7 Å². The SMILES string of the molecule is Cn1nc(C(C)(C)C)cc1SC#N. The molecule has 0 saturated carbocycles. The lowest BCUT2D eigenvalue weighted by atomic mass is 9.93. The van der Waals surface area contributed by atoms with Crippen molar-refractivity contribution in [3.05, 3.63) is 11.8 Å². The second-order valence-electron chi connectivity index (χ2n) is 3.93. The van der Waals surface area contributed by atoms with Gasteiger partial charge in [-0.3, -0.25) is 4.68 Å². The molecule has 0 unspecified atom stereocenters. The van der Waals surface area contributed by atoms with Gasteiger partial charge in [0.1, 0.15) is 10.4 Å². The van der Waals surface area contributed by atoms with Crippen LogP contribution >= 0.6 is 11.8 Å². The molecule has 0 radical (unpaired) electrons. The molecule has 3 nitrogen and oxygen atoms in total. The van der Waals surface area contributed by atoms with E-state index in [0.717, 1.165) is 22.5 Å². The number of nitriles is 1. The van der Waals surface area contributed by atoms with Crippen LogP contribution in [0.15, 0.2) is 11.1 Å². The van der Waals surface area contributed by atoms with Gasteiger partial charge in [-0.25, -0.2) is 0 Å². The zero-order valence-corrected chi connectivity index (χ0v) is 9.14. The van der Waals surface area contributed by atoms with Crippen molar-refractivity contribution in [1.82, 2.24) is 9.78 Å². The maximum absolute atomic E-state index is 8.53. The first-order valence-electron chi connectivity index (χ1n) is 4.05. The number of nitrogens with zero attached hydrogens (tertiary/aromatic N) is 3. The highest BCUT2D eigenvalue weighted by atomic mass is 32.2. The molecule has 70 valence electrons. The van der Waals surface area contributed by atoms with Crippen LogP contribution in [0.1, 0.15) is 26.5 Å². The van der Waals surface area contributed by atoms with Crippen LogP contribution in [0.5, 0.6) is 0 Å². The average molecular weight is 195 g/mol. The van der Waals surface area contributed by atoms with Gasteiger partial charge in [0.15, 0.2) is 0 Å². The topological polar surface area (TPSA) is 41.6 Å². The first kappa shape index (κ1) is 10.1. The summed E-state index contributed by atoms with van der Waals surface area (Å²) >= 11 is 1.14. The number of aryl methyl sites for hydroxylation is 1. The summed E-state index contributed by atoms with van der Waals surface area (Å²) in [5.41, 5.74) is 1.07. The van der Waals surface area contributed by atoms with E-state index in [0.29, 0.717) is 0 Å². The third-order valence-electron chi connectivity index (χ3n) is 1.76. The number of thioether (sulfide) groups is 1. The summed E-state index contributed by atoms with van der Waals surface area (Å²) in [6.07, 6.45) is 0. The fourth-order valence-corrected chi connectivity index (χ4v) is 1.40. The average Bonchev–Trinajstić information content (AvgIpc) is 2.32. The second-order valence-corrected chi connectivity index (χ2v) is 4.74. The van der Waals surface area contributed by atoms with Crippen molar-refractivity contribution >= 4 is 11.8 Å². The molecular formula is C9H13N3S. The van der Waals surface area contributed by atoms with Crippen LogP contribution in [0.25, 0.3) is 0 Å². The van der Waals surface area contributed by atoms with Gasteiger partial charge in [-0.2, -0.15) is 10.4 Å². The Hall–Kier alpha value is -0.950. The molecule has 1 aromatic rings. The molecule has 13 heavy (non-hydrogen) atoms. The minimum absolute atomic E-state index is 0.0476. The molecule has 0 spiro atoms. The highest BCUT2D eigenvalue weighted by Gasteiger charge is 2.18. The number of thiocyanates is 1. The van der Waals surface area contributed by atoms with Gasteiger partial charge in [0, 0.05) is 24.2 Å². The van der Waals surface area contributed by atoms with E-state index in [1.807, 2.05) is 18.5 Å². The van der Waals surface area contributed by atoms with Crippen molar-refractivity contribution in [3.8, 4) is 5.40 Å². The van der Waals surface area contributed by atoms with E-state index in [1.165, 1.54) is 0 Å². The Kier molecular flexibility index (Phi) is 2.67. The van der Waals surface area contributed by atoms with E-state index in [1.54, 1.807) is 4.68 Å². The summed E-state index contributed by atoms with van der Waals surface area (Å²) in [5, 5.41) is 15.8. The Labute approximate surface area is 82.7 Å². The Morgan fingerprint density at radius 2 is 2.15 bits per heavy atom. The molecular weight excluding hydrogens is 182 g/mol. The Morgan fingerprint density at radius 1 is 1.54 bits per heavy atom. The van der Waals surface area contributed by atoms with E-state index in [-0.39, 0.29) is 5.41 Å². The highest BCUT2D eigenvalue weighted by molar-refractivity contribution is 8.03. The van der Waals surface area contributed by atoms with Crippen LogP contribution in [0.4, 0.5) is 0 Å². The summed E-state index contributed by atoms with van der Waals surface area (Å²) < 4.78 is 1.74. The predicted octanol–water partition coefficient (Wildman–Crippen LogP) is 2.29. The minimum atomic E-state index is 0.0476. The first-order chi connectivity index (χ1) is 5.95. The van der Waals surface area contributed by atoms with E-state index in [4.69, 9.17) is 5.26 Å². The van der Waals surface area contributed by atoms with Gasteiger partial charge in [0.25, 0.3) is 0 Å². The second kappa shape index (κ2) is 3.43. The van der Waals surface area contributed by atoms with Crippen molar-refractivity contribution in [2.75, 3.05) is 0 Å². The molecule has 1 aromatic heterocycles. The molecule has 0 aliphatic rings. The van der Waals surface area contributed by atoms with Crippen LogP contribution in [0.2, 0.25) is 0 Å². The van der Waals surface area contributed by atoms with Gasteiger partial charge in [0.2, 0.25) is 0 Å². The molecule has 1 rings (SSSR count). The van der Waals surface area contributed by atoms with Gasteiger partial charge in [-0.15, -0.1) is 0 Å². The van der Waals surface area contributed by atoms with Crippen LogP contribution < -0.4 is 0 Å². The fourth-order valence-electron chi connectivity index (χ4n) is 0.959. The van der Waals surface area contributed by atoms with Crippen LogP contribution in [0.3, 0.4) is 0 Å². The Morgan fingerprint density at radius 3 is 2.54 bits per heavy atom. The summed E-state index contributed by atoms with van der Waals surface area (Å²) in [5.74, 6) is 0. The molecule has 0 N–H and O–H groups in total. The van der Waals surface area contributed by atoms with Gasteiger partial charge in [0.05, 0.1) is 5.69 Å². The van der Waals surface area contributed by atoms with Crippen molar-refractivity contribution in [1.29, 1.82) is 5.26 Å². The van der Waals surface area contributed by atoms with Gasteiger partial charge in [-0.05, 0) is 6.07 Å². The van der Waals surface area contributed by atoms with E-state index in [9.17, 15) is 0 Å². The Bertz CT molecular complexity index is 341. The number of hydrogen-bond acceptors (Lipinski definition) is 3. The molecule has 0 aromatic carbocycles. The van der Waals surface area contributed by atoms with E-state index < -0.39 is 0 Å². The third-order valence-corrected chi connectivity index (χ3v) is 2.44. The lowest BCUT2D eigenvalue weighted by Crippen LogP contribution is -2.12. The highest BCUT2D eigenvalue weighted by Crippen LogP contribution is 2.25. The standard InChI is InChI=1S/C9H13N3S/c1-9(2,3)7-5-8(13-6-10)12(4)11-7/h5H,1-4H3.